The maximum atomic E-state index is 12.6. The van der Waals surface area contributed by atoms with Gasteiger partial charge in [-0.05, 0) is 34.1 Å². The van der Waals surface area contributed by atoms with Crippen molar-refractivity contribution in [2.24, 2.45) is 0 Å². The first-order chi connectivity index (χ1) is 11.9. The smallest absolute Gasteiger partial charge is 0.270 e. The van der Waals surface area contributed by atoms with Gasteiger partial charge in [0.15, 0.2) is 0 Å². The number of thiophene rings is 1. The zero-order valence-corrected chi connectivity index (χ0v) is 16.3. The molecule has 2 aromatic rings. The molecule has 0 saturated carbocycles. The second-order valence-corrected chi connectivity index (χ2v) is 8.65. The highest BCUT2D eigenvalue weighted by atomic mass is 79.9. The predicted octanol–water partition coefficient (Wildman–Crippen LogP) is 4.03. The van der Waals surface area contributed by atoms with E-state index in [2.05, 4.69) is 26.9 Å². The van der Waals surface area contributed by atoms with Gasteiger partial charge in [0, 0.05) is 49.7 Å². The fraction of sp³-hybridized carbons (Fsp3) is 0.312. The molecule has 1 aliphatic heterocycles. The van der Waals surface area contributed by atoms with Crippen LogP contribution in [0.1, 0.15) is 15.2 Å². The number of carbonyl (C=O) groups excluding carboxylic acids is 1. The normalized spacial score (nSPS) is 15.4. The first-order valence-corrected chi connectivity index (χ1v) is 9.62. The second-order valence-electron chi connectivity index (χ2n) is 5.70. The molecule has 1 fully saturated rings. The summed E-state index contributed by atoms with van der Waals surface area (Å²) in [4.78, 5) is 28.2. The molecule has 9 heteroatoms. The molecule has 0 aliphatic carbocycles. The van der Waals surface area contributed by atoms with Gasteiger partial charge in [-0.2, -0.15) is 0 Å². The van der Waals surface area contributed by atoms with Crippen LogP contribution in [0.2, 0.25) is 5.02 Å². The van der Waals surface area contributed by atoms with Crippen molar-refractivity contribution < 1.29 is 9.72 Å². The van der Waals surface area contributed by atoms with E-state index in [0.29, 0.717) is 18.7 Å². The van der Waals surface area contributed by atoms with Crippen molar-refractivity contribution in [1.82, 2.24) is 9.80 Å². The van der Waals surface area contributed by atoms with Crippen molar-refractivity contribution in [2.75, 3.05) is 26.2 Å². The van der Waals surface area contributed by atoms with E-state index in [1.54, 1.807) is 16.2 Å². The molecule has 0 N–H and O–H groups in total. The van der Waals surface area contributed by atoms with E-state index in [1.807, 2.05) is 6.07 Å². The number of amides is 1. The number of non-ortho nitro benzene ring substituents is 1. The Bertz CT molecular complexity index is 806. The number of nitro groups is 1. The molecule has 3 rings (SSSR count). The van der Waals surface area contributed by atoms with Crippen LogP contribution in [0.5, 0.6) is 0 Å². The van der Waals surface area contributed by atoms with Crippen molar-refractivity contribution in [3.05, 3.63) is 59.7 Å². The Morgan fingerprint density at radius 2 is 1.96 bits per heavy atom. The van der Waals surface area contributed by atoms with Gasteiger partial charge in [-0.3, -0.25) is 19.8 Å². The summed E-state index contributed by atoms with van der Waals surface area (Å²) >= 11 is 11.2. The molecule has 0 atom stereocenters. The Morgan fingerprint density at radius 1 is 1.24 bits per heavy atom. The third-order valence-electron chi connectivity index (χ3n) is 4.06. The van der Waals surface area contributed by atoms with Crippen LogP contribution >= 0.6 is 38.9 Å². The summed E-state index contributed by atoms with van der Waals surface area (Å²) in [6.45, 7) is 3.66. The van der Waals surface area contributed by atoms with Crippen LogP contribution in [0.4, 0.5) is 5.69 Å². The fourth-order valence-electron chi connectivity index (χ4n) is 2.73. The van der Waals surface area contributed by atoms with Crippen LogP contribution in [0.3, 0.4) is 0 Å². The van der Waals surface area contributed by atoms with Crippen LogP contribution in [0.15, 0.2) is 34.1 Å². The summed E-state index contributed by atoms with van der Waals surface area (Å²) < 4.78 is 1.11. The zero-order valence-electron chi connectivity index (χ0n) is 13.2. The Balaban J connectivity index is 1.60. The summed E-state index contributed by atoms with van der Waals surface area (Å²) in [7, 11) is 0. The summed E-state index contributed by atoms with van der Waals surface area (Å²) in [5.74, 6) is -0.182. The molecule has 0 radical (unpaired) electrons. The summed E-state index contributed by atoms with van der Waals surface area (Å²) in [6.07, 6.45) is 0. The molecule has 0 spiro atoms. The third-order valence-corrected chi connectivity index (χ3v) is 5.98. The average Bonchev–Trinajstić information content (AvgIpc) is 2.99. The Kier molecular flexibility index (Phi) is 5.73. The monoisotopic (exact) mass is 443 g/mol. The van der Waals surface area contributed by atoms with E-state index in [4.69, 9.17) is 11.6 Å². The van der Waals surface area contributed by atoms with Gasteiger partial charge >= 0.3 is 0 Å². The highest BCUT2D eigenvalue weighted by Gasteiger charge is 2.24. The van der Waals surface area contributed by atoms with Gasteiger partial charge in [0.25, 0.3) is 11.6 Å². The van der Waals surface area contributed by atoms with Crippen molar-refractivity contribution in [3.8, 4) is 0 Å². The first-order valence-electron chi connectivity index (χ1n) is 7.64. The Morgan fingerprint density at radius 3 is 2.52 bits per heavy atom. The lowest BCUT2D eigenvalue weighted by Gasteiger charge is -2.34. The molecule has 132 valence electrons. The number of carbonyl (C=O) groups is 1. The van der Waals surface area contributed by atoms with Crippen LogP contribution < -0.4 is 0 Å². The number of benzene rings is 1. The van der Waals surface area contributed by atoms with Gasteiger partial charge in [-0.15, -0.1) is 11.3 Å². The molecule has 1 aromatic heterocycles. The highest BCUT2D eigenvalue weighted by molar-refractivity contribution is 9.11. The molecule has 6 nitrogen and oxygen atoms in total. The van der Waals surface area contributed by atoms with Gasteiger partial charge in [0.2, 0.25) is 0 Å². The summed E-state index contributed by atoms with van der Waals surface area (Å²) in [6, 6.07) is 8.10. The van der Waals surface area contributed by atoms with Gasteiger partial charge in [0.1, 0.15) is 0 Å². The quantitative estimate of drug-likeness (QED) is 0.527. The number of nitrogens with zero attached hydrogens (tertiary/aromatic N) is 3. The zero-order chi connectivity index (χ0) is 18.0. The molecule has 1 amide bonds. The maximum Gasteiger partial charge on any atom is 0.270 e. The molecule has 25 heavy (non-hydrogen) atoms. The topological polar surface area (TPSA) is 66.7 Å². The minimum Gasteiger partial charge on any atom is -0.336 e. The summed E-state index contributed by atoms with van der Waals surface area (Å²) in [5, 5.41) is 10.9. The molecule has 1 aromatic carbocycles. The van der Waals surface area contributed by atoms with Crippen molar-refractivity contribution in [1.29, 1.82) is 0 Å². The second kappa shape index (κ2) is 7.82. The van der Waals surface area contributed by atoms with Crippen molar-refractivity contribution in [3.63, 3.8) is 0 Å². The number of hydrogen-bond donors (Lipinski definition) is 0. The van der Waals surface area contributed by atoms with E-state index >= 15 is 0 Å². The Hall–Kier alpha value is -1.48. The lowest BCUT2D eigenvalue weighted by atomic mass is 10.1. The molecule has 1 saturated heterocycles. The first kappa shape index (κ1) is 18.3. The van der Waals surface area contributed by atoms with E-state index in [0.717, 1.165) is 23.4 Å². The Labute approximate surface area is 162 Å². The number of piperazine rings is 1. The summed E-state index contributed by atoms with van der Waals surface area (Å²) in [5.41, 5.74) is 0.191. The number of nitro benzene ring substituents is 1. The van der Waals surface area contributed by atoms with Crippen LogP contribution in [-0.4, -0.2) is 46.8 Å². The standard InChI is InChI=1S/C16H15BrClN3O3S/c17-15-4-2-12(25-15)10-19-5-7-20(8-6-19)16(22)13-3-1-11(21(23)24)9-14(13)18/h1-4,9H,5-8,10H2. The maximum absolute atomic E-state index is 12.6. The van der Waals surface area contributed by atoms with E-state index < -0.39 is 4.92 Å². The van der Waals surface area contributed by atoms with E-state index in [-0.39, 0.29) is 16.6 Å². The van der Waals surface area contributed by atoms with E-state index in [1.165, 1.54) is 23.1 Å². The molecule has 1 aliphatic rings. The fourth-order valence-corrected chi connectivity index (χ4v) is 4.51. The van der Waals surface area contributed by atoms with Gasteiger partial charge in [0.05, 0.1) is 19.3 Å². The lowest BCUT2D eigenvalue weighted by Crippen LogP contribution is -2.48. The predicted molar refractivity (Wildman–Crippen MR) is 101 cm³/mol. The van der Waals surface area contributed by atoms with Gasteiger partial charge in [-0.25, -0.2) is 0 Å². The largest absolute Gasteiger partial charge is 0.336 e. The number of rotatable bonds is 4. The lowest BCUT2D eigenvalue weighted by molar-refractivity contribution is -0.384. The van der Waals surface area contributed by atoms with Crippen molar-refractivity contribution >= 4 is 50.5 Å². The van der Waals surface area contributed by atoms with Crippen molar-refractivity contribution in [2.45, 2.75) is 6.54 Å². The molecular formula is C16H15BrClN3O3S. The minimum absolute atomic E-state index is 0.116. The van der Waals surface area contributed by atoms with Crippen LogP contribution in [0, 0.1) is 10.1 Å². The number of halogens is 2. The number of hydrogen-bond acceptors (Lipinski definition) is 5. The molecule has 0 unspecified atom stereocenters. The van der Waals surface area contributed by atoms with Gasteiger partial charge < -0.3 is 4.90 Å². The molecular weight excluding hydrogens is 430 g/mol. The van der Waals surface area contributed by atoms with Gasteiger partial charge in [-0.1, -0.05) is 11.6 Å². The minimum atomic E-state index is -0.526. The molecule has 2 heterocycles. The average molecular weight is 445 g/mol. The van der Waals surface area contributed by atoms with Crippen LogP contribution in [-0.2, 0) is 6.54 Å². The third kappa shape index (κ3) is 4.38. The van der Waals surface area contributed by atoms with Crippen LogP contribution in [0.25, 0.3) is 0 Å². The van der Waals surface area contributed by atoms with E-state index in [9.17, 15) is 14.9 Å². The highest BCUT2D eigenvalue weighted by Crippen LogP contribution is 2.25. The molecule has 0 bridgehead atoms. The SMILES string of the molecule is O=C(c1ccc([N+](=O)[O-])cc1Cl)N1CCN(Cc2ccc(Br)s2)CC1.